The Hall–Kier alpha value is -1.51. The Morgan fingerprint density at radius 3 is 2.48 bits per heavy atom. The number of aromatic nitrogens is 3. The van der Waals surface area contributed by atoms with Crippen molar-refractivity contribution >= 4 is 51.6 Å². The van der Waals surface area contributed by atoms with Crippen LogP contribution < -0.4 is 10.5 Å². The molecule has 118 valence electrons. The topological polar surface area (TPSA) is 66.0 Å². The quantitative estimate of drug-likeness (QED) is 0.587. The summed E-state index contributed by atoms with van der Waals surface area (Å²) in [7, 11) is 1.62. The fraction of sp³-hybridized carbons (Fsp3) is 0.0667. The third-order valence-corrected chi connectivity index (χ3v) is 4.59. The number of benzene rings is 2. The number of anilines is 1. The number of nitrogens with two attached hydrogens (primary N) is 1. The molecule has 5 nitrogen and oxygen atoms in total. The molecule has 0 fully saturated rings. The van der Waals surface area contributed by atoms with Crippen molar-refractivity contribution in [2.24, 2.45) is 0 Å². The molecule has 0 aliphatic heterocycles. The van der Waals surface area contributed by atoms with E-state index in [4.69, 9.17) is 33.7 Å². The van der Waals surface area contributed by atoms with Gasteiger partial charge < -0.3 is 10.5 Å². The van der Waals surface area contributed by atoms with Crippen LogP contribution in [0.2, 0.25) is 10.0 Å². The van der Waals surface area contributed by atoms with Crippen LogP contribution in [0, 0.1) is 3.57 Å². The molecular formula is C15H11Cl2IN4O. The minimum absolute atomic E-state index is 0.400. The Labute approximate surface area is 156 Å². The maximum Gasteiger partial charge on any atom is 0.156 e. The maximum atomic E-state index is 6.29. The first-order valence-electron chi connectivity index (χ1n) is 6.51. The summed E-state index contributed by atoms with van der Waals surface area (Å²) < 4.78 is 7.49. The van der Waals surface area contributed by atoms with Crippen LogP contribution in [0.5, 0.6) is 5.75 Å². The zero-order valence-corrected chi connectivity index (χ0v) is 15.6. The highest BCUT2D eigenvalue weighted by Crippen LogP contribution is 2.33. The van der Waals surface area contributed by atoms with Crippen molar-refractivity contribution in [2.75, 3.05) is 12.8 Å². The number of rotatable bonds is 3. The molecule has 0 amide bonds. The van der Waals surface area contributed by atoms with Crippen molar-refractivity contribution < 1.29 is 4.74 Å². The molecule has 0 spiro atoms. The number of hydrogen-bond acceptors (Lipinski definition) is 4. The zero-order valence-electron chi connectivity index (χ0n) is 11.9. The van der Waals surface area contributed by atoms with Gasteiger partial charge in [-0.1, -0.05) is 28.4 Å². The lowest BCUT2D eigenvalue weighted by atomic mass is 10.1. The second-order valence-corrected chi connectivity index (χ2v) is 6.69. The first-order chi connectivity index (χ1) is 11.0. The van der Waals surface area contributed by atoms with Crippen molar-refractivity contribution in [3.8, 4) is 22.7 Å². The van der Waals surface area contributed by atoms with E-state index in [1.165, 1.54) is 4.68 Å². The summed E-state index contributed by atoms with van der Waals surface area (Å²) in [5.74, 6) is 1.16. The fourth-order valence-corrected chi connectivity index (χ4v) is 3.92. The molecule has 0 saturated heterocycles. The summed E-state index contributed by atoms with van der Waals surface area (Å²) in [5, 5.41) is 9.32. The molecule has 1 aromatic heterocycles. The number of methoxy groups -OCH3 is 1. The maximum absolute atomic E-state index is 6.29. The Morgan fingerprint density at radius 1 is 1.17 bits per heavy atom. The minimum atomic E-state index is 0.400. The van der Waals surface area contributed by atoms with Gasteiger partial charge in [-0.05, 0) is 59.0 Å². The van der Waals surface area contributed by atoms with Crippen LogP contribution in [0.4, 0.5) is 5.82 Å². The van der Waals surface area contributed by atoms with Gasteiger partial charge in [0.25, 0.3) is 0 Å². The van der Waals surface area contributed by atoms with E-state index >= 15 is 0 Å². The van der Waals surface area contributed by atoms with Gasteiger partial charge in [0.15, 0.2) is 5.82 Å². The third kappa shape index (κ3) is 3.11. The van der Waals surface area contributed by atoms with Crippen LogP contribution in [0.3, 0.4) is 0 Å². The number of nitrogen functional groups attached to an aromatic ring is 1. The van der Waals surface area contributed by atoms with Crippen LogP contribution in [-0.2, 0) is 0 Å². The molecule has 2 N–H and O–H groups in total. The molecule has 0 saturated carbocycles. The van der Waals surface area contributed by atoms with Gasteiger partial charge in [0.1, 0.15) is 17.1 Å². The Morgan fingerprint density at radius 2 is 1.87 bits per heavy atom. The highest BCUT2D eigenvalue weighted by Gasteiger charge is 2.18. The van der Waals surface area contributed by atoms with E-state index in [2.05, 4.69) is 32.9 Å². The Balaban J connectivity index is 2.09. The molecule has 8 heteroatoms. The highest BCUT2D eigenvalue weighted by molar-refractivity contribution is 14.1. The van der Waals surface area contributed by atoms with Crippen LogP contribution >= 0.6 is 45.8 Å². The molecule has 0 radical (unpaired) electrons. The number of nitrogens with zero attached hydrogens (tertiary/aromatic N) is 3. The predicted molar refractivity (Wildman–Crippen MR) is 100 cm³/mol. The van der Waals surface area contributed by atoms with Gasteiger partial charge in [-0.25, -0.2) is 0 Å². The van der Waals surface area contributed by atoms with Gasteiger partial charge in [-0.2, -0.15) is 4.68 Å². The SMILES string of the molecule is COc1ccc(-c2nnn(-c3c(Cl)cc(Cl)cc3I)c2N)cc1. The molecule has 0 bridgehead atoms. The lowest BCUT2D eigenvalue weighted by Gasteiger charge is -2.09. The molecule has 0 aliphatic carbocycles. The van der Waals surface area contributed by atoms with Gasteiger partial charge in [0, 0.05) is 14.2 Å². The second-order valence-electron chi connectivity index (χ2n) is 4.68. The molecule has 0 unspecified atom stereocenters. The van der Waals surface area contributed by atoms with Crippen LogP contribution in [0.25, 0.3) is 16.9 Å². The van der Waals surface area contributed by atoms with Crippen molar-refractivity contribution in [1.29, 1.82) is 0 Å². The van der Waals surface area contributed by atoms with Crippen LogP contribution in [0.1, 0.15) is 0 Å². The average Bonchev–Trinajstić information content (AvgIpc) is 2.88. The molecule has 2 aromatic carbocycles. The van der Waals surface area contributed by atoms with E-state index in [0.29, 0.717) is 27.2 Å². The lowest BCUT2D eigenvalue weighted by molar-refractivity contribution is 0.415. The first-order valence-corrected chi connectivity index (χ1v) is 8.35. The van der Waals surface area contributed by atoms with Crippen molar-refractivity contribution in [2.45, 2.75) is 0 Å². The monoisotopic (exact) mass is 460 g/mol. The van der Waals surface area contributed by atoms with Gasteiger partial charge in [-0.15, -0.1) is 5.10 Å². The molecule has 0 atom stereocenters. The second kappa shape index (κ2) is 6.54. The predicted octanol–water partition coefficient (Wildman–Crippen LogP) is 4.44. The molecular weight excluding hydrogens is 450 g/mol. The Bertz CT molecular complexity index is 841. The van der Waals surface area contributed by atoms with Gasteiger partial charge in [-0.3, -0.25) is 0 Å². The molecule has 0 aliphatic rings. The third-order valence-electron chi connectivity index (χ3n) is 3.26. The number of ether oxygens (including phenoxy) is 1. The van der Waals surface area contributed by atoms with Crippen LogP contribution in [0.15, 0.2) is 36.4 Å². The molecule has 3 rings (SSSR count). The minimum Gasteiger partial charge on any atom is -0.497 e. The normalized spacial score (nSPS) is 10.8. The van der Waals surface area contributed by atoms with Crippen molar-refractivity contribution in [3.05, 3.63) is 50.0 Å². The van der Waals surface area contributed by atoms with Gasteiger partial charge in [0.05, 0.1) is 12.1 Å². The van der Waals surface area contributed by atoms with E-state index < -0.39 is 0 Å². The summed E-state index contributed by atoms with van der Waals surface area (Å²) in [6, 6.07) is 10.9. The fourth-order valence-electron chi connectivity index (χ4n) is 2.15. The smallest absolute Gasteiger partial charge is 0.156 e. The zero-order chi connectivity index (χ0) is 16.6. The van der Waals surface area contributed by atoms with Crippen molar-refractivity contribution in [3.63, 3.8) is 0 Å². The summed E-state index contributed by atoms with van der Waals surface area (Å²) in [6.45, 7) is 0. The first kappa shape index (κ1) is 16.4. The van der Waals surface area contributed by atoms with E-state index in [1.807, 2.05) is 24.3 Å². The van der Waals surface area contributed by atoms with E-state index in [-0.39, 0.29) is 0 Å². The van der Waals surface area contributed by atoms with Gasteiger partial charge in [0.2, 0.25) is 0 Å². The van der Waals surface area contributed by atoms with E-state index in [0.717, 1.165) is 14.9 Å². The summed E-state index contributed by atoms with van der Waals surface area (Å²) >= 11 is 14.4. The molecule has 3 aromatic rings. The summed E-state index contributed by atoms with van der Waals surface area (Å²) in [5.41, 5.74) is 8.30. The van der Waals surface area contributed by atoms with E-state index in [9.17, 15) is 0 Å². The lowest BCUT2D eigenvalue weighted by Crippen LogP contribution is -2.05. The van der Waals surface area contributed by atoms with E-state index in [1.54, 1.807) is 19.2 Å². The van der Waals surface area contributed by atoms with Gasteiger partial charge >= 0.3 is 0 Å². The largest absolute Gasteiger partial charge is 0.497 e. The number of halogens is 3. The van der Waals surface area contributed by atoms with Crippen molar-refractivity contribution in [1.82, 2.24) is 15.0 Å². The Kier molecular flexibility index (Phi) is 4.65. The summed E-state index contributed by atoms with van der Waals surface area (Å²) in [6.07, 6.45) is 0. The standard InChI is InChI=1S/C15H11Cl2IN4O/c1-23-10-4-2-8(3-5-10)13-15(19)22(21-20-13)14-11(17)6-9(16)7-12(14)18/h2-7H,19H2,1H3. The molecule has 1 heterocycles. The highest BCUT2D eigenvalue weighted by atomic mass is 127. The van der Waals surface area contributed by atoms with Crippen LogP contribution in [-0.4, -0.2) is 22.1 Å². The average molecular weight is 461 g/mol. The number of hydrogen-bond donors (Lipinski definition) is 1. The molecule has 23 heavy (non-hydrogen) atoms. The summed E-state index contributed by atoms with van der Waals surface area (Å²) in [4.78, 5) is 0.